The maximum Gasteiger partial charge on any atom is 0.142 e. The lowest BCUT2D eigenvalue weighted by Crippen LogP contribution is -2.28. The normalized spacial score (nSPS) is 16.0. The first-order valence-electron chi connectivity index (χ1n) is 23.5. The predicted octanol–water partition coefficient (Wildman–Crippen LogP) is 17.7. The van der Waals surface area contributed by atoms with Crippen LogP contribution in [0, 0.1) is 6.92 Å². The topological polar surface area (TPSA) is 16.4 Å². The quantitative estimate of drug-likeness (QED) is 0.142. The SMILES string of the molecule is C=C/C=C\C(=C/C)c1cccc2c1-c1ccccc1C21c2ccccc2-c2cccc(N(c3ccc(-c4cccc5c(C)c(/C=C\C)oc45)cc3)c3ccc4c(c3)C(C)(C)c3ccccc3-4)c21. The minimum Gasteiger partial charge on any atom is -0.456 e. The molecule has 12 rings (SSSR count). The van der Waals surface area contributed by atoms with Crippen LogP contribution in [0.1, 0.15) is 78.0 Å². The summed E-state index contributed by atoms with van der Waals surface area (Å²) in [4.78, 5) is 2.53. The molecule has 0 bridgehead atoms. The van der Waals surface area contributed by atoms with Gasteiger partial charge < -0.3 is 9.32 Å². The van der Waals surface area contributed by atoms with E-state index < -0.39 is 5.41 Å². The summed E-state index contributed by atoms with van der Waals surface area (Å²) in [5.74, 6) is 0.902. The van der Waals surface area contributed by atoms with Crippen LogP contribution < -0.4 is 4.90 Å². The van der Waals surface area contributed by atoms with Gasteiger partial charge in [0.15, 0.2) is 0 Å². The van der Waals surface area contributed by atoms with Crippen molar-refractivity contribution >= 4 is 39.7 Å². The molecule has 8 aromatic carbocycles. The largest absolute Gasteiger partial charge is 0.456 e. The monoisotopic (exact) mass is 861 g/mol. The summed E-state index contributed by atoms with van der Waals surface area (Å²) in [5, 5.41) is 1.14. The van der Waals surface area contributed by atoms with Gasteiger partial charge in [0.2, 0.25) is 0 Å². The molecule has 2 heteroatoms. The zero-order valence-electron chi connectivity index (χ0n) is 38.7. The molecule has 3 aliphatic carbocycles. The van der Waals surface area contributed by atoms with E-state index in [4.69, 9.17) is 4.42 Å². The standard InChI is InChI=1S/C65H51NO/c1-7-10-21-42(9-3)47-26-18-32-57-61(47)53-24-13-16-31-56(53)65(57)55-30-15-12-23-50(55)52-28-19-33-59(62(52)65)66(45-38-39-51-49-22-11-14-29-54(49)64(5,6)58(51)40-45)44-36-34-43(35-37-44)48-27-17-25-46-41(4)60(20-8-2)67-63(46)48/h7-40H,1H2,2-6H3/b20-8-,21-10-,42-9+. The van der Waals surface area contributed by atoms with Gasteiger partial charge in [-0.3, -0.25) is 0 Å². The third kappa shape index (κ3) is 5.69. The van der Waals surface area contributed by atoms with E-state index in [-0.39, 0.29) is 5.41 Å². The Kier molecular flexibility index (Phi) is 9.28. The Hall–Kier alpha value is -7.94. The fourth-order valence-corrected chi connectivity index (χ4v) is 12.0. The molecule has 1 atom stereocenters. The van der Waals surface area contributed by atoms with Crippen molar-refractivity contribution in [3.63, 3.8) is 0 Å². The number of rotatable bonds is 8. The molecule has 1 aromatic heterocycles. The van der Waals surface area contributed by atoms with Crippen molar-refractivity contribution in [2.24, 2.45) is 0 Å². The number of anilines is 3. The van der Waals surface area contributed by atoms with E-state index in [1.165, 1.54) is 77.9 Å². The highest BCUT2D eigenvalue weighted by molar-refractivity contribution is 6.03. The Morgan fingerprint density at radius 3 is 1.94 bits per heavy atom. The van der Waals surface area contributed by atoms with Gasteiger partial charge in [-0.05, 0) is 135 Å². The average Bonchev–Trinajstić information content (AvgIpc) is 4.04. The molecule has 1 unspecified atom stereocenters. The molecule has 67 heavy (non-hydrogen) atoms. The van der Waals surface area contributed by atoms with Crippen LogP contribution in [0.5, 0.6) is 0 Å². The van der Waals surface area contributed by atoms with Crippen molar-refractivity contribution in [3.05, 3.63) is 257 Å². The molecule has 1 heterocycles. The number of aryl methyl sites for hydroxylation is 1. The van der Waals surface area contributed by atoms with E-state index in [2.05, 4.69) is 227 Å². The highest BCUT2D eigenvalue weighted by Crippen LogP contribution is 2.66. The van der Waals surface area contributed by atoms with Crippen LogP contribution in [0.2, 0.25) is 0 Å². The van der Waals surface area contributed by atoms with Gasteiger partial charge >= 0.3 is 0 Å². The number of nitrogens with zero attached hydrogens (tertiary/aromatic N) is 1. The van der Waals surface area contributed by atoms with E-state index in [0.717, 1.165) is 50.5 Å². The highest BCUT2D eigenvalue weighted by Gasteiger charge is 2.54. The maximum atomic E-state index is 6.56. The summed E-state index contributed by atoms with van der Waals surface area (Å²) in [6, 6.07) is 63.9. The highest BCUT2D eigenvalue weighted by atomic mass is 16.3. The Labute approximate surface area is 394 Å². The second-order valence-electron chi connectivity index (χ2n) is 18.7. The summed E-state index contributed by atoms with van der Waals surface area (Å²) >= 11 is 0. The van der Waals surface area contributed by atoms with Gasteiger partial charge in [-0.1, -0.05) is 190 Å². The number of hydrogen-bond acceptors (Lipinski definition) is 2. The first-order chi connectivity index (χ1) is 32.8. The summed E-state index contributed by atoms with van der Waals surface area (Å²) in [7, 11) is 0. The first kappa shape index (κ1) is 40.6. The fourth-order valence-electron chi connectivity index (χ4n) is 12.0. The zero-order valence-corrected chi connectivity index (χ0v) is 38.7. The van der Waals surface area contributed by atoms with Crippen LogP contribution in [0.3, 0.4) is 0 Å². The Balaban J connectivity index is 1.13. The molecule has 0 fully saturated rings. The Morgan fingerprint density at radius 2 is 1.19 bits per heavy atom. The number of para-hydroxylation sites is 1. The number of hydrogen-bond donors (Lipinski definition) is 0. The Bertz CT molecular complexity index is 3610. The minimum absolute atomic E-state index is 0.177. The zero-order chi connectivity index (χ0) is 45.6. The molecule has 322 valence electrons. The van der Waals surface area contributed by atoms with Gasteiger partial charge in [0.1, 0.15) is 11.3 Å². The lowest BCUT2D eigenvalue weighted by molar-refractivity contribution is 0.602. The second kappa shape index (κ2) is 15.3. The fraction of sp³-hybridized carbons (Fsp3) is 0.108. The molecule has 2 nitrogen and oxygen atoms in total. The van der Waals surface area contributed by atoms with Crippen LogP contribution in [0.25, 0.3) is 67.1 Å². The molecule has 0 saturated heterocycles. The van der Waals surface area contributed by atoms with Crippen molar-refractivity contribution in [2.75, 3.05) is 4.90 Å². The summed E-state index contributed by atoms with van der Waals surface area (Å²) in [5.41, 5.74) is 24.8. The lowest BCUT2D eigenvalue weighted by Gasteiger charge is -2.36. The minimum atomic E-state index is -0.604. The molecule has 0 saturated carbocycles. The number of furan rings is 1. The van der Waals surface area contributed by atoms with E-state index in [1.54, 1.807) is 0 Å². The third-order valence-corrected chi connectivity index (χ3v) is 15.0. The smallest absolute Gasteiger partial charge is 0.142 e. The first-order valence-corrected chi connectivity index (χ1v) is 23.5. The molecular weight excluding hydrogens is 811 g/mol. The van der Waals surface area contributed by atoms with Crippen LogP contribution in [0.15, 0.2) is 211 Å². The van der Waals surface area contributed by atoms with Gasteiger partial charge in [0, 0.05) is 38.9 Å². The summed E-state index contributed by atoms with van der Waals surface area (Å²) in [6.07, 6.45) is 12.4. The number of fused-ring (bicyclic) bond motifs is 14. The summed E-state index contributed by atoms with van der Waals surface area (Å²) in [6.45, 7) is 15.1. The van der Waals surface area contributed by atoms with E-state index >= 15 is 0 Å². The predicted molar refractivity (Wildman–Crippen MR) is 283 cm³/mol. The van der Waals surface area contributed by atoms with E-state index in [1.807, 2.05) is 25.2 Å². The molecule has 0 radical (unpaired) electrons. The van der Waals surface area contributed by atoms with Gasteiger partial charge in [-0.15, -0.1) is 0 Å². The van der Waals surface area contributed by atoms with Gasteiger partial charge in [0.25, 0.3) is 0 Å². The van der Waals surface area contributed by atoms with E-state index in [0.29, 0.717) is 0 Å². The summed E-state index contributed by atoms with van der Waals surface area (Å²) < 4.78 is 6.56. The molecule has 0 amide bonds. The van der Waals surface area contributed by atoms with Gasteiger partial charge in [0.05, 0.1) is 11.1 Å². The van der Waals surface area contributed by atoms with Crippen LogP contribution >= 0.6 is 0 Å². The van der Waals surface area contributed by atoms with Crippen molar-refractivity contribution < 1.29 is 4.42 Å². The van der Waals surface area contributed by atoms with Crippen LogP contribution in [-0.2, 0) is 10.8 Å². The molecule has 1 spiro atoms. The molecule has 9 aromatic rings. The van der Waals surface area contributed by atoms with Crippen molar-refractivity contribution in [1.82, 2.24) is 0 Å². The maximum absolute atomic E-state index is 6.56. The van der Waals surface area contributed by atoms with Gasteiger partial charge in [-0.2, -0.15) is 0 Å². The molecule has 0 N–H and O–H groups in total. The average molecular weight is 862 g/mol. The molecular formula is C65H51NO. The van der Waals surface area contributed by atoms with Crippen molar-refractivity contribution in [1.29, 1.82) is 0 Å². The van der Waals surface area contributed by atoms with E-state index in [9.17, 15) is 0 Å². The Morgan fingerprint density at radius 1 is 0.582 bits per heavy atom. The molecule has 3 aliphatic rings. The number of benzene rings is 8. The van der Waals surface area contributed by atoms with Crippen LogP contribution in [0.4, 0.5) is 17.1 Å². The number of allylic oxidation sites excluding steroid dienone is 6. The van der Waals surface area contributed by atoms with Crippen molar-refractivity contribution in [2.45, 2.75) is 45.4 Å². The van der Waals surface area contributed by atoms with Gasteiger partial charge in [-0.25, -0.2) is 0 Å². The second-order valence-corrected chi connectivity index (χ2v) is 18.7. The third-order valence-electron chi connectivity index (χ3n) is 15.0. The van der Waals surface area contributed by atoms with Crippen molar-refractivity contribution in [3.8, 4) is 44.5 Å². The van der Waals surface area contributed by atoms with Crippen LogP contribution in [-0.4, -0.2) is 0 Å². The molecule has 0 aliphatic heterocycles. The lowest BCUT2D eigenvalue weighted by atomic mass is 9.69.